The maximum absolute atomic E-state index is 11.7. The number of hydrogen-bond acceptors (Lipinski definition) is 3. The largest absolute Gasteiger partial charge is 0.409 e. The lowest BCUT2D eigenvalue weighted by molar-refractivity contribution is 0.104. The summed E-state index contributed by atoms with van der Waals surface area (Å²) in [6.07, 6.45) is 0. The minimum Gasteiger partial charge on any atom is -0.409 e. The Morgan fingerprint density at radius 1 is 1.29 bits per heavy atom. The molecule has 14 heavy (non-hydrogen) atoms. The highest BCUT2D eigenvalue weighted by atomic mass is 16.4. The van der Waals surface area contributed by atoms with Crippen LogP contribution in [0.25, 0.3) is 0 Å². The molecule has 0 aromatic heterocycles. The number of amidine groups is 1. The fraction of sp³-hybridized carbons (Fsp3) is 0.200. The van der Waals surface area contributed by atoms with Crippen molar-refractivity contribution in [2.45, 2.75) is 0 Å². The second-order valence-corrected chi connectivity index (χ2v) is 3.01. The number of hydrogen-bond donors (Lipinski definition) is 1. The average Bonchev–Trinajstić information content (AvgIpc) is 2.19. The summed E-state index contributed by atoms with van der Waals surface area (Å²) in [6, 6.07) is 8.70. The molecule has 0 aliphatic carbocycles. The number of carbonyl (C=O) groups excluding carboxylic acids is 1. The summed E-state index contributed by atoms with van der Waals surface area (Å²) in [7, 11) is 3.30. The Morgan fingerprint density at radius 2 is 1.86 bits per heavy atom. The summed E-state index contributed by atoms with van der Waals surface area (Å²) < 4.78 is 0. The number of oxime groups is 1. The molecule has 1 aromatic carbocycles. The van der Waals surface area contributed by atoms with E-state index in [4.69, 9.17) is 5.21 Å². The van der Waals surface area contributed by atoms with E-state index in [-0.39, 0.29) is 11.6 Å². The van der Waals surface area contributed by atoms with Gasteiger partial charge in [0.1, 0.15) is 0 Å². The number of rotatable bonds is 2. The molecule has 0 fully saturated rings. The predicted molar refractivity (Wildman–Crippen MR) is 53.7 cm³/mol. The van der Waals surface area contributed by atoms with Gasteiger partial charge in [-0.05, 0) is 0 Å². The number of Topliss-reactive ketones (excluding diaryl/α,β-unsaturated/α-hetero) is 1. The molecule has 0 saturated carbocycles. The van der Waals surface area contributed by atoms with Crippen molar-refractivity contribution in [3.63, 3.8) is 0 Å². The Bertz CT molecular complexity index is 344. The Hall–Kier alpha value is -1.84. The van der Waals surface area contributed by atoms with Crippen LogP contribution in [-0.4, -0.2) is 35.8 Å². The molecule has 0 atom stereocenters. The molecule has 0 saturated heterocycles. The Morgan fingerprint density at radius 3 is 2.29 bits per heavy atom. The van der Waals surface area contributed by atoms with Gasteiger partial charge in [0.25, 0.3) is 0 Å². The van der Waals surface area contributed by atoms with Crippen molar-refractivity contribution in [1.82, 2.24) is 4.90 Å². The van der Waals surface area contributed by atoms with E-state index < -0.39 is 0 Å². The standard InChI is InChI=1S/C10H12N2O2/c1-12(2)10(11-14)9(13)8-6-4-3-5-7-8/h3-7,14H,1-2H3. The van der Waals surface area contributed by atoms with Crippen molar-refractivity contribution < 1.29 is 10.0 Å². The molecule has 1 aromatic rings. The van der Waals surface area contributed by atoms with Crippen molar-refractivity contribution in [3.8, 4) is 0 Å². The maximum Gasteiger partial charge on any atom is 0.231 e. The van der Waals surface area contributed by atoms with Crippen molar-refractivity contribution in [2.75, 3.05) is 14.1 Å². The molecule has 1 rings (SSSR count). The van der Waals surface area contributed by atoms with Crippen molar-refractivity contribution in [3.05, 3.63) is 35.9 Å². The summed E-state index contributed by atoms with van der Waals surface area (Å²) in [6.45, 7) is 0. The number of benzene rings is 1. The van der Waals surface area contributed by atoms with Crippen LogP contribution >= 0.6 is 0 Å². The van der Waals surface area contributed by atoms with Crippen molar-refractivity contribution in [2.24, 2.45) is 5.16 Å². The van der Waals surface area contributed by atoms with Crippen LogP contribution in [0.2, 0.25) is 0 Å². The van der Waals surface area contributed by atoms with Crippen molar-refractivity contribution >= 4 is 11.6 Å². The first-order chi connectivity index (χ1) is 6.66. The number of ketones is 1. The minimum atomic E-state index is -0.293. The first-order valence-corrected chi connectivity index (χ1v) is 4.16. The van der Waals surface area contributed by atoms with Crippen LogP contribution in [0.1, 0.15) is 10.4 Å². The Kier molecular flexibility index (Phi) is 3.23. The molecule has 0 aliphatic heterocycles. The number of nitrogens with zero attached hydrogens (tertiary/aromatic N) is 2. The van der Waals surface area contributed by atoms with Crippen LogP contribution in [-0.2, 0) is 0 Å². The third kappa shape index (κ3) is 2.10. The van der Waals surface area contributed by atoms with Gasteiger partial charge in [-0.2, -0.15) is 0 Å². The van der Waals surface area contributed by atoms with E-state index in [1.54, 1.807) is 38.4 Å². The van der Waals surface area contributed by atoms with Gasteiger partial charge in [-0.25, -0.2) is 0 Å². The third-order valence-electron chi connectivity index (χ3n) is 1.76. The lowest BCUT2D eigenvalue weighted by atomic mass is 10.1. The van der Waals surface area contributed by atoms with Crippen LogP contribution in [0, 0.1) is 0 Å². The highest BCUT2D eigenvalue weighted by Gasteiger charge is 2.15. The quantitative estimate of drug-likeness (QED) is 0.252. The highest BCUT2D eigenvalue weighted by molar-refractivity contribution is 6.44. The first-order valence-electron chi connectivity index (χ1n) is 4.16. The molecule has 0 heterocycles. The second-order valence-electron chi connectivity index (χ2n) is 3.01. The minimum absolute atomic E-state index is 0.0243. The molecule has 0 bridgehead atoms. The smallest absolute Gasteiger partial charge is 0.231 e. The van der Waals surface area contributed by atoms with Gasteiger partial charge in [0.2, 0.25) is 11.6 Å². The van der Waals surface area contributed by atoms with Crippen LogP contribution < -0.4 is 0 Å². The SMILES string of the molecule is CN(C)C(=NO)C(=O)c1ccccc1. The van der Waals surface area contributed by atoms with Gasteiger partial charge >= 0.3 is 0 Å². The third-order valence-corrected chi connectivity index (χ3v) is 1.76. The van der Waals surface area contributed by atoms with Gasteiger partial charge in [-0.15, -0.1) is 0 Å². The maximum atomic E-state index is 11.7. The van der Waals surface area contributed by atoms with E-state index >= 15 is 0 Å². The summed E-state index contributed by atoms with van der Waals surface area (Å²) >= 11 is 0. The van der Waals surface area contributed by atoms with Crippen LogP contribution in [0.3, 0.4) is 0 Å². The fourth-order valence-corrected chi connectivity index (χ4v) is 1.06. The van der Waals surface area contributed by atoms with Gasteiger partial charge in [0, 0.05) is 19.7 Å². The molecule has 4 nitrogen and oxygen atoms in total. The summed E-state index contributed by atoms with van der Waals surface area (Å²) in [5.74, 6) is -0.269. The molecule has 74 valence electrons. The molecule has 0 spiro atoms. The van der Waals surface area contributed by atoms with Crippen LogP contribution in [0.4, 0.5) is 0 Å². The Balaban J connectivity index is 2.96. The summed E-state index contributed by atoms with van der Waals surface area (Å²) in [5, 5.41) is 11.6. The van der Waals surface area contributed by atoms with Gasteiger partial charge < -0.3 is 10.1 Å². The molecule has 0 aliphatic rings. The van der Waals surface area contributed by atoms with E-state index in [0.717, 1.165) is 0 Å². The lowest BCUT2D eigenvalue weighted by Crippen LogP contribution is -2.30. The molecule has 0 unspecified atom stereocenters. The fourth-order valence-electron chi connectivity index (χ4n) is 1.06. The summed E-state index contributed by atoms with van der Waals surface area (Å²) in [5.41, 5.74) is 0.508. The lowest BCUT2D eigenvalue weighted by Gasteiger charge is -2.11. The second kappa shape index (κ2) is 4.41. The van der Waals surface area contributed by atoms with E-state index in [9.17, 15) is 4.79 Å². The van der Waals surface area contributed by atoms with E-state index in [0.29, 0.717) is 5.56 Å². The van der Waals surface area contributed by atoms with E-state index in [1.807, 2.05) is 6.07 Å². The van der Waals surface area contributed by atoms with Gasteiger partial charge in [-0.1, -0.05) is 35.5 Å². The molecule has 0 radical (unpaired) electrons. The normalized spacial score (nSPS) is 11.1. The molecule has 1 N–H and O–H groups in total. The van der Waals surface area contributed by atoms with Crippen LogP contribution in [0.5, 0.6) is 0 Å². The van der Waals surface area contributed by atoms with Gasteiger partial charge in [0.15, 0.2) is 0 Å². The zero-order valence-electron chi connectivity index (χ0n) is 8.14. The summed E-state index contributed by atoms with van der Waals surface area (Å²) in [4.78, 5) is 13.2. The van der Waals surface area contributed by atoms with Gasteiger partial charge in [-0.3, -0.25) is 4.79 Å². The molecule has 4 heteroatoms. The van der Waals surface area contributed by atoms with Crippen molar-refractivity contribution in [1.29, 1.82) is 0 Å². The van der Waals surface area contributed by atoms with Gasteiger partial charge in [0.05, 0.1) is 0 Å². The topological polar surface area (TPSA) is 52.9 Å². The first kappa shape index (κ1) is 10.2. The van der Waals surface area contributed by atoms with Crippen LogP contribution in [0.15, 0.2) is 35.5 Å². The molecular formula is C10H12N2O2. The monoisotopic (exact) mass is 192 g/mol. The van der Waals surface area contributed by atoms with E-state index in [1.165, 1.54) is 4.90 Å². The zero-order valence-corrected chi connectivity index (χ0v) is 8.14. The predicted octanol–water partition coefficient (Wildman–Crippen LogP) is 1.22. The molecular weight excluding hydrogens is 180 g/mol. The Labute approximate surface area is 82.5 Å². The molecule has 0 amide bonds. The number of carbonyl (C=O) groups is 1. The average molecular weight is 192 g/mol. The number of likely N-dealkylation sites (N-methyl/N-ethyl adjacent to an activating group) is 1. The van der Waals surface area contributed by atoms with E-state index in [2.05, 4.69) is 5.16 Å². The zero-order chi connectivity index (χ0) is 10.6. The highest BCUT2D eigenvalue weighted by Crippen LogP contribution is 2.02.